The normalized spacial score (nSPS) is 14.6. The zero-order chi connectivity index (χ0) is 21.3. The summed E-state index contributed by atoms with van der Waals surface area (Å²) < 4.78 is 38.0. The molecule has 3 aromatic carbocycles. The lowest BCUT2D eigenvalue weighted by Crippen LogP contribution is -2.18. The highest BCUT2D eigenvalue weighted by Crippen LogP contribution is 2.42. The summed E-state index contributed by atoms with van der Waals surface area (Å²) in [4.78, 5) is 10.6. The highest BCUT2D eigenvalue weighted by Gasteiger charge is 2.35. The molecule has 152 valence electrons. The Morgan fingerprint density at radius 3 is 2.33 bits per heavy atom. The molecule has 8 heteroatoms. The lowest BCUT2D eigenvalue weighted by Gasteiger charge is -2.24. The van der Waals surface area contributed by atoms with Crippen LogP contribution in [0.2, 0.25) is 0 Å². The van der Waals surface area contributed by atoms with Gasteiger partial charge in [0.25, 0.3) is 5.69 Å². The molecular weight excluding hydrogens is 406 g/mol. The number of benzene rings is 3. The van der Waals surface area contributed by atoms with Crippen LogP contribution < -0.4 is 9.47 Å². The molecule has 0 saturated carbocycles. The molecule has 0 amide bonds. The van der Waals surface area contributed by atoms with Crippen molar-refractivity contribution in [2.75, 3.05) is 7.11 Å². The molecule has 0 spiro atoms. The largest absolute Gasteiger partial charge is 0.497 e. The molecule has 0 N–H and O–H groups in total. The topological polar surface area (TPSA) is 95.7 Å². The molecule has 0 aromatic heterocycles. The summed E-state index contributed by atoms with van der Waals surface area (Å²) in [5.41, 5.74) is 1.09. The summed E-state index contributed by atoms with van der Waals surface area (Å²) in [6, 6.07) is 19.4. The number of nitro benzene ring substituents is 1. The minimum absolute atomic E-state index is 0.0541. The lowest BCUT2D eigenvalue weighted by molar-refractivity contribution is -0.385. The average Bonchev–Trinajstić information content (AvgIpc) is 2.76. The monoisotopic (exact) mass is 423 g/mol. The molecule has 0 atom stereocenters. The minimum Gasteiger partial charge on any atom is -0.497 e. The SMILES string of the molecule is COc1ccc(CC2=C(c3ccccc3)Oc3cc([N+](=O)[O-])ccc3S2(=O)=O)cc1. The van der Waals surface area contributed by atoms with E-state index in [0.717, 1.165) is 17.7 Å². The van der Waals surface area contributed by atoms with E-state index in [2.05, 4.69) is 0 Å². The van der Waals surface area contributed by atoms with Crippen molar-refractivity contribution >= 4 is 21.3 Å². The highest BCUT2D eigenvalue weighted by atomic mass is 32.2. The number of non-ortho nitro benzene ring substituents is 1. The van der Waals surface area contributed by atoms with Gasteiger partial charge in [-0.1, -0.05) is 42.5 Å². The van der Waals surface area contributed by atoms with Crippen LogP contribution in [0.15, 0.2) is 82.6 Å². The fourth-order valence-electron chi connectivity index (χ4n) is 3.25. The zero-order valence-electron chi connectivity index (χ0n) is 15.9. The number of ether oxygens (including phenoxy) is 2. The van der Waals surface area contributed by atoms with Crippen LogP contribution in [0.1, 0.15) is 11.1 Å². The van der Waals surface area contributed by atoms with E-state index in [9.17, 15) is 18.5 Å². The van der Waals surface area contributed by atoms with Crippen LogP contribution in [-0.4, -0.2) is 20.5 Å². The number of fused-ring (bicyclic) bond motifs is 1. The van der Waals surface area contributed by atoms with Crippen molar-refractivity contribution in [1.82, 2.24) is 0 Å². The van der Waals surface area contributed by atoms with Crippen LogP contribution in [0.5, 0.6) is 11.5 Å². The van der Waals surface area contributed by atoms with Gasteiger partial charge in [0, 0.05) is 18.1 Å². The molecule has 4 rings (SSSR count). The lowest BCUT2D eigenvalue weighted by atomic mass is 10.1. The van der Waals surface area contributed by atoms with Gasteiger partial charge in [0.1, 0.15) is 16.4 Å². The van der Waals surface area contributed by atoms with Crippen molar-refractivity contribution in [2.24, 2.45) is 0 Å². The van der Waals surface area contributed by atoms with Gasteiger partial charge in [0.05, 0.1) is 23.0 Å². The van der Waals surface area contributed by atoms with E-state index < -0.39 is 14.8 Å². The van der Waals surface area contributed by atoms with E-state index in [4.69, 9.17) is 9.47 Å². The first-order valence-electron chi connectivity index (χ1n) is 9.03. The highest BCUT2D eigenvalue weighted by molar-refractivity contribution is 7.95. The molecule has 3 aromatic rings. The van der Waals surface area contributed by atoms with Crippen LogP contribution in [0.4, 0.5) is 5.69 Å². The second-order valence-corrected chi connectivity index (χ2v) is 8.58. The summed E-state index contributed by atoms with van der Waals surface area (Å²) in [5.74, 6) is 0.775. The van der Waals surface area contributed by atoms with E-state index in [1.165, 1.54) is 6.07 Å². The summed E-state index contributed by atoms with van der Waals surface area (Å²) in [5, 5.41) is 11.1. The van der Waals surface area contributed by atoms with Crippen molar-refractivity contribution < 1.29 is 22.8 Å². The molecule has 1 aliphatic heterocycles. The minimum atomic E-state index is -3.94. The first kappa shape index (κ1) is 19.7. The summed E-state index contributed by atoms with van der Waals surface area (Å²) >= 11 is 0. The zero-order valence-corrected chi connectivity index (χ0v) is 16.8. The first-order valence-corrected chi connectivity index (χ1v) is 10.5. The van der Waals surface area contributed by atoms with Gasteiger partial charge < -0.3 is 9.47 Å². The second kappa shape index (κ2) is 7.64. The number of nitrogens with zero attached hydrogens (tertiary/aromatic N) is 1. The maximum Gasteiger partial charge on any atom is 0.273 e. The maximum atomic E-state index is 13.5. The molecule has 0 radical (unpaired) electrons. The fourth-order valence-corrected chi connectivity index (χ4v) is 4.89. The number of methoxy groups -OCH3 is 1. The Morgan fingerprint density at radius 1 is 1.00 bits per heavy atom. The predicted molar refractivity (Wildman–Crippen MR) is 111 cm³/mol. The van der Waals surface area contributed by atoms with Crippen molar-refractivity contribution in [2.45, 2.75) is 11.3 Å². The number of hydrogen-bond donors (Lipinski definition) is 0. The molecule has 30 heavy (non-hydrogen) atoms. The third-order valence-electron chi connectivity index (χ3n) is 4.78. The molecule has 0 bridgehead atoms. The molecule has 0 fully saturated rings. The number of nitro groups is 1. The number of rotatable bonds is 5. The van der Waals surface area contributed by atoms with Gasteiger partial charge in [-0.15, -0.1) is 0 Å². The molecule has 0 saturated heterocycles. The van der Waals surface area contributed by atoms with Gasteiger partial charge >= 0.3 is 0 Å². The van der Waals surface area contributed by atoms with E-state index in [0.29, 0.717) is 11.3 Å². The Hall–Kier alpha value is -3.65. The van der Waals surface area contributed by atoms with Crippen molar-refractivity contribution in [1.29, 1.82) is 0 Å². The second-order valence-electron chi connectivity index (χ2n) is 6.64. The van der Waals surface area contributed by atoms with Crippen molar-refractivity contribution in [3.8, 4) is 11.5 Å². The van der Waals surface area contributed by atoms with Crippen LogP contribution in [0, 0.1) is 10.1 Å². The van der Waals surface area contributed by atoms with E-state index >= 15 is 0 Å². The molecule has 1 aliphatic rings. The Bertz CT molecular complexity index is 1250. The first-order chi connectivity index (χ1) is 14.4. The Morgan fingerprint density at radius 2 is 1.70 bits per heavy atom. The van der Waals surface area contributed by atoms with Crippen LogP contribution in [-0.2, 0) is 16.3 Å². The number of sulfone groups is 1. The third-order valence-corrected chi connectivity index (χ3v) is 6.67. The van der Waals surface area contributed by atoms with Crippen molar-refractivity contribution in [3.63, 3.8) is 0 Å². The molecule has 1 heterocycles. The summed E-state index contributed by atoms with van der Waals surface area (Å²) in [6.07, 6.45) is 0.104. The van der Waals surface area contributed by atoms with E-state index in [1.807, 2.05) is 6.07 Å². The van der Waals surface area contributed by atoms with E-state index in [1.54, 1.807) is 55.6 Å². The van der Waals surface area contributed by atoms with Gasteiger partial charge in [-0.25, -0.2) is 8.42 Å². The predicted octanol–water partition coefficient (Wildman–Crippen LogP) is 4.38. The van der Waals surface area contributed by atoms with Crippen molar-refractivity contribution in [3.05, 3.63) is 98.9 Å². The van der Waals surface area contributed by atoms with Crippen LogP contribution >= 0.6 is 0 Å². The average molecular weight is 423 g/mol. The Balaban J connectivity index is 1.88. The molecule has 0 unspecified atom stereocenters. The maximum absolute atomic E-state index is 13.5. The molecular formula is C22H17NO6S. The third kappa shape index (κ3) is 3.53. The molecule has 0 aliphatic carbocycles. The summed E-state index contributed by atoms with van der Waals surface area (Å²) in [7, 11) is -2.38. The smallest absolute Gasteiger partial charge is 0.273 e. The molecule has 7 nitrogen and oxygen atoms in total. The van der Waals surface area contributed by atoms with Gasteiger partial charge in [0.2, 0.25) is 9.84 Å². The fraction of sp³-hybridized carbons (Fsp3) is 0.0909. The standard InChI is InChI=1S/C22H17NO6S/c1-28-18-10-7-15(8-11-18)13-21-22(16-5-3-2-4-6-16)29-19-14-17(23(24)25)9-12-20(19)30(21,26)27/h2-12,14H,13H2,1H3. The quantitative estimate of drug-likeness (QED) is 0.446. The van der Waals surface area contributed by atoms with Gasteiger partial charge in [0.15, 0.2) is 5.75 Å². The Kier molecular flexibility index (Phi) is 5.01. The van der Waals surface area contributed by atoms with Gasteiger partial charge in [-0.3, -0.25) is 10.1 Å². The Labute approximate surface area is 173 Å². The van der Waals surface area contributed by atoms with Gasteiger partial charge in [-0.05, 0) is 23.8 Å². The summed E-state index contributed by atoms with van der Waals surface area (Å²) in [6.45, 7) is 0. The van der Waals surface area contributed by atoms with Gasteiger partial charge in [-0.2, -0.15) is 0 Å². The van der Waals surface area contributed by atoms with E-state index in [-0.39, 0.29) is 33.4 Å². The number of hydrogen-bond acceptors (Lipinski definition) is 6. The van der Waals surface area contributed by atoms with Crippen LogP contribution in [0.25, 0.3) is 5.76 Å². The number of allylic oxidation sites excluding steroid dienone is 1. The van der Waals surface area contributed by atoms with Crippen LogP contribution in [0.3, 0.4) is 0 Å².